The highest BCUT2D eigenvalue weighted by molar-refractivity contribution is 7.84. The first-order chi connectivity index (χ1) is 10.4. The van der Waals surface area contributed by atoms with Gasteiger partial charge in [-0.15, -0.1) is 10.2 Å². The van der Waals surface area contributed by atoms with E-state index in [1.807, 2.05) is 0 Å². The van der Waals surface area contributed by atoms with E-state index in [0.717, 1.165) is 0 Å². The number of nitrogens with zero attached hydrogens (tertiary/aromatic N) is 4. The number of anilines is 1. The van der Waals surface area contributed by atoms with Crippen LogP contribution in [0.5, 0.6) is 0 Å². The van der Waals surface area contributed by atoms with Crippen molar-refractivity contribution in [3.05, 3.63) is 40.2 Å². The molecule has 10 heteroatoms. The molecule has 1 amide bonds. The number of rotatable bonds is 5. The van der Waals surface area contributed by atoms with E-state index < -0.39 is 21.6 Å². The number of carbonyl (C=O) groups excluding carboxylic acids is 1. The minimum Gasteiger partial charge on any atom is -0.324 e. The third-order valence-electron chi connectivity index (χ3n) is 2.84. The fourth-order valence-corrected chi connectivity index (χ4v) is 2.42. The maximum atomic E-state index is 12.0. The fraction of sp³-hybridized carbons (Fsp3) is 0.250. The second-order valence-electron chi connectivity index (χ2n) is 4.50. The molecule has 0 aliphatic heterocycles. The van der Waals surface area contributed by atoms with E-state index in [1.54, 1.807) is 19.1 Å². The predicted octanol–water partition coefficient (Wildman–Crippen LogP) is 0.871. The maximum Gasteiger partial charge on any atom is 0.274 e. The quantitative estimate of drug-likeness (QED) is 0.644. The molecule has 0 aliphatic rings. The van der Waals surface area contributed by atoms with Crippen molar-refractivity contribution in [2.24, 2.45) is 0 Å². The first-order valence-corrected chi connectivity index (χ1v) is 7.70. The molecule has 0 bridgehead atoms. The van der Waals surface area contributed by atoms with Gasteiger partial charge in [0.25, 0.3) is 5.69 Å². The Balaban J connectivity index is 2.12. The van der Waals surface area contributed by atoms with Gasteiger partial charge >= 0.3 is 0 Å². The van der Waals surface area contributed by atoms with E-state index in [0.29, 0.717) is 11.3 Å². The van der Waals surface area contributed by atoms with Crippen molar-refractivity contribution >= 4 is 28.1 Å². The maximum absolute atomic E-state index is 12.0. The highest BCUT2D eigenvalue weighted by Gasteiger charge is 2.14. The van der Waals surface area contributed by atoms with Crippen LogP contribution in [-0.4, -0.2) is 36.1 Å². The molecule has 1 heterocycles. The molecule has 9 nitrogen and oxygen atoms in total. The van der Waals surface area contributed by atoms with Crippen LogP contribution in [0.25, 0.3) is 0 Å². The van der Waals surface area contributed by atoms with E-state index in [-0.39, 0.29) is 17.4 Å². The van der Waals surface area contributed by atoms with Crippen LogP contribution in [0, 0.1) is 17.0 Å². The standard InChI is InChI=1S/C12H13N5O4S/c1-8-3-4-9(5-10(8)17(19)20)14-11(18)6-16-7-13-15-12(16)22(2)21/h3-5,7H,6H2,1-2H3,(H,14,18)/t22-/m1/s1. The van der Waals surface area contributed by atoms with Gasteiger partial charge in [0.2, 0.25) is 11.1 Å². The van der Waals surface area contributed by atoms with E-state index in [1.165, 1.54) is 23.2 Å². The number of hydrogen-bond donors (Lipinski definition) is 1. The van der Waals surface area contributed by atoms with Crippen LogP contribution in [0.15, 0.2) is 29.7 Å². The van der Waals surface area contributed by atoms with Gasteiger partial charge in [-0.1, -0.05) is 6.07 Å². The fourth-order valence-electron chi connectivity index (χ4n) is 1.81. The Hall–Kier alpha value is -2.62. The molecule has 0 fully saturated rings. The summed E-state index contributed by atoms with van der Waals surface area (Å²) in [4.78, 5) is 22.3. The second-order valence-corrected chi connectivity index (χ2v) is 5.78. The summed E-state index contributed by atoms with van der Waals surface area (Å²) in [7, 11) is -1.37. The first kappa shape index (κ1) is 15.8. The lowest BCUT2D eigenvalue weighted by Crippen LogP contribution is -2.20. The van der Waals surface area contributed by atoms with E-state index in [2.05, 4.69) is 15.5 Å². The second kappa shape index (κ2) is 6.43. The lowest BCUT2D eigenvalue weighted by atomic mass is 10.2. The van der Waals surface area contributed by atoms with Gasteiger partial charge in [0.15, 0.2) is 0 Å². The van der Waals surface area contributed by atoms with Crippen LogP contribution in [0.4, 0.5) is 11.4 Å². The number of carbonyl (C=O) groups is 1. The minimum absolute atomic E-state index is 0.0718. The van der Waals surface area contributed by atoms with Crippen LogP contribution in [-0.2, 0) is 22.1 Å². The van der Waals surface area contributed by atoms with Crippen molar-refractivity contribution in [3.8, 4) is 0 Å². The van der Waals surface area contributed by atoms with Crippen LogP contribution in [0.2, 0.25) is 0 Å². The van der Waals surface area contributed by atoms with Crippen LogP contribution >= 0.6 is 0 Å². The molecular formula is C12H13N5O4S. The Kier molecular flexibility index (Phi) is 4.61. The highest BCUT2D eigenvalue weighted by Crippen LogP contribution is 2.22. The third-order valence-corrected chi connectivity index (χ3v) is 3.67. The lowest BCUT2D eigenvalue weighted by Gasteiger charge is -2.07. The number of aryl methyl sites for hydroxylation is 1. The van der Waals surface area contributed by atoms with Crippen molar-refractivity contribution in [2.75, 3.05) is 11.6 Å². The zero-order chi connectivity index (χ0) is 16.3. The van der Waals surface area contributed by atoms with Gasteiger partial charge in [0.1, 0.15) is 12.9 Å². The molecule has 1 aromatic heterocycles. The van der Waals surface area contributed by atoms with Gasteiger partial charge in [-0.05, 0) is 13.0 Å². The molecule has 0 radical (unpaired) electrons. The summed E-state index contributed by atoms with van der Waals surface area (Å²) < 4.78 is 12.8. The van der Waals surface area contributed by atoms with E-state index in [9.17, 15) is 19.1 Å². The molecule has 1 N–H and O–H groups in total. The third kappa shape index (κ3) is 3.52. The minimum atomic E-state index is -1.37. The van der Waals surface area contributed by atoms with E-state index in [4.69, 9.17) is 0 Å². The number of nitro groups is 1. The Morgan fingerprint density at radius 3 is 2.86 bits per heavy atom. The average molecular weight is 323 g/mol. The largest absolute Gasteiger partial charge is 0.324 e. The van der Waals surface area contributed by atoms with Gasteiger partial charge in [-0.25, -0.2) is 0 Å². The SMILES string of the molecule is Cc1ccc(NC(=O)Cn2cnnc2[S@@](C)=O)cc1[N+](=O)[O-]. The van der Waals surface area contributed by atoms with Crippen molar-refractivity contribution in [3.63, 3.8) is 0 Å². The molecule has 0 saturated heterocycles. The van der Waals surface area contributed by atoms with Crippen molar-refractivity contribution in [1.82, 2.24) is 14.8 Å². The Labute approximate surface area is 128 Å². The van der Waals surface area contributed by atoms with Crippen molar-refractivity contribution in [2.45, 2.75) is 18.6 Å². The number of hydrogen-bond acceptors (Lipinski definition) is 6. The molecular weight excluding hydrogens is 310 g/mol. The highest BCUT2D eigenvalue weighted by atomic mass is 32.2. The van der Waals surface area contributed by atoms with Crippen molar-refractivity contribution in [1.29, 1.82) is 0 Å². The summed E-state index contributed by atoms with van der Waals surface area (Å²) in [5.74, 6) is -0.426. The number of benzene rings is 1. The normalized spacial score (nSPS) is 11.9. The number of nitro benzene ring substituents is 1. The molecule has 0 saturated carbocycles. The van der Waals surface area contributed by atoms with Crippen LogP contribution < -0.4 is 5.32 Å². The summed E-state index contributed by atoms with van der Waals surface area (Å²) in [6.45, 7) is 1.48. The van der Waals surface area contributed by atoms with Gasteiger partial charge in [0.05, 0.1) is 15.7 Å². The van der Waals surface area contributed by atoms with Crippen LogP contribution in [0.1, 0.15) is 5.56 Å². The molecule has 1 aromatic carbocycles. The first-order valence-electron chi connectivity index (χ1n) is 6.14. The average Bonchev–Trinajstić information content (AvgIpc) is 2.88. The Morgan fingerprint density at radius 1 is 1.50 bits per heavy atom. The number of nitrogens with one attached hydrogen (secondary N) is 1. The summed E-state index contributed by atoms with van der Waals surface area (Å²) in [6.07, 6.45) is 2.73. The molecule has 0 spiro atoms. The topological polar surface area (TPSA) is 120 Å². The van der Waals surface area contributed by atoms with Gasteiger partial charge in [-0.3, -0.25) is 23.7 Å². The Bertz CT molecular complexity index is 758. The van der Waals surface area contributed by atoms with Gasteiger partial charge < -0.3 is 5.32 Å². The summed E-state index contributed by atoms with van der Waals surface area (Å²) in [6, 6.07) is 4.42. The molecule has 116 valence electrons. The lowest BCUT2D eigenvalue weighted by molar-refractivity contribution is -0.385. The Morgan fingerprint density at radius 2 is 2.23 bits per heavy atom. The molecule has 1 atom stereocenters. The summed E-state index contributed by atoms with van der Waals surface area (Å²) in [5, 5.41) is 20.9. The van der Waals surface area contributed by atoms with Crippen molar-refractivity contribution < 1.29 is 13.9 Å². The summed E-state index contributed by atoms with van der Waals surface area (Å²) >= 11 is 0. The monoisotopic (exact) mass is 323 g/mol. The van der Waals surface area contributed by atoms with Crippen LogP contribution in [0.3, 0.4) is 0 Å². The molecule has 2 rings (SSSR count). The summed E-state index contributed by atoms with van der Waals surface area (Å²) in [5.41, 5.74) is 0.748. The van der Waals surface area contributed by atoms with Gasteiger partial charge in [0, 0.05) is 23.6 Å². The smallest absolute Gasteiger partial charge is 0.274 e. The van der Waals surface area contributed by atoms with E-state index >= 15 is 0 Å². The van der Waals surface area contributed by atoms with Gasteiger partial charge in [-0.2, -0.15) is 0 Å². The zero-order valence-corrected chi connectivity index (χ0v) is 12.7. The molecule has 2 aromatic rings. The predicted molar refractivity (Wildman–Crippen MR) is 78.8 cm³/mol. The molecule has 0 unspecified atom stereocenters. The zero-order valence-electron chi connectivity index (χ0n) is 11.8. The number of aromatic nitrogens is 3. The molecule has 22 heavy (non-hydrogen) atoms. The molecule has 0 aliphatic carbocycles. The number of amides is 1.